The number of ether oxygens (including phenoxy) is 3. The Labute approximate surface area is 218 Å². The SMILES string of the molecule is COc1cccc(-c2nnc(NSC(C)C(C)c3ncc(Cl)cn3)n2-c2c(OC)cccc2OC)n1. The Morgan fingerprint density at radius 2 is 1.58 bits per heavy atom. The number of benzene rings is 1. The van der Waals surface area contributed by atoms with Gasteiger partial charge in [0.05, 0.1) is 26.4 Å². The van der Waals surface area contributed by atoms with Crippen LogP contribution in [-0.4, -0.2) is 56.3 Å². The van der Waals surface area contributed by atoms with Gasteiger partial charge in [0.25, 0.3) is 0 Å². The number of aromatic nitrogens is 6. The predicted octanol–water partition coefficient (Wildman–Crippen LogP) is 5.05. The van der Waals surface area contributed by atoms with Gasteiger partial charge in [-0.1, -0.05) is 37.6 Å². The van der Waals surface area contributed by atoms with Crippen LogP contribution in [0.2, 0.25) is 5.02 Å². The van der Waals surface area contributed by atoms with Crippen molar-refractivity contribution in [3.8, 4) is 34.6 Å². The van der Waals surface area contributed by atoms with Crippen LogP contribution >= 0.6 is 23.5 Å². The third kappa shape index (κ3) is 5.31. The molecule has 12 heteroatoms. The Kier molecular flexibility index (Phi) is 8.11. The number of hydrogen-bond donors (Lipinski definition) is 1. The highest BCUT2D eigenvalue weighted by atomic mass is 35.5. The standard InChI is InChI=1S/C24H26ClN7O3S/c1-14(22-26-12-16(25)13-27-22)15(2)36-31-24-30-29-23(17-8-6-11-20(28-17)35-5)32(24)21-18(33-3)9-7-10-19(21)34-4/h6-15H,1-5H3,(H,30,31). The zero-order chi connectivity index (χ0) is 25.7. The Hall–Kier alpha value is -3.57. The van der Waals surface area contributed by atoms with Gasteiger partial charge in [-0.2, -0.15) is 0 Å². The second-order valence-electron chi connectivity index (χ2n) is 7.73. The fourth-order valence-electron chi connectivity index (χ4n) is 3.45. The van der Waals surface area contributed by atoms with Crippen LogP contribution in [-0.2, 0) is 0 Å². The molecular weight excluding hydrogens is 502 g/mol. The van der Waals surface area contributed by atoms with E-state index in [2.05, 4.69) is 43.7 Å². The van der Waals surface area contributed by atoms with Crippen molar-refractivity contribution in [2.75, 3.05) is 26.1 Å². The number of halogens is 1. The van der Waals surface area contributed by atoms with Crippen molar-refractivity contribution < 1.29 is 14.2 Å². The Bertz CT molecular complexity index is 1300. The molecule has 4 aromatic rings. The lowest BCUT2D eigenvalue weighted by Gasteiger charge is -2.20. The van der Waals surface area contributed by atoms with Gasteiger partial charge in [-0.25, -0.2) is 15.0 Å². The maximum Gasteiger partial charge on any atom is 0.239 e. The fraction of sp³-hybridized carbons (Fsp3) is 0.292. The molecule has 3 aromatic heterocycles. The van der Waals surface area contributed by atoms with Crippen molar-refractivity contribution in [3.05, 3.63) is 59.6 Å². The molecule has 1 N–H and O–H groups in total. The topological polar surface area (TPSA) is 109 Å². The molecular formula is C24H26ClN7O3S. The minimum Gasteiger partial charge on any atom is -0.494 e. The van der Waals surface area contributed by atoms with Crippen LogP contribution in [0.3, 0.4) is 0 Å². The Morgan fingerprint density at radius 3 is 2.22 bits per heavy atom. The van der Waals surface area contributed by atoms with Gasteiger partial charge in [-0.05, 0) is 30.1 Å². The first kappa shape index (κ1) is 25.5. The van der Waals surface area contributed by atoms with Crippen molar-refractivity contribution in [1.82, 2.24) is 29.7 Å². The summed E-state index contributed by atoms with van der Waals surface area (Å²) in [5.41, 5.74) is 1.21. The second kappa shape index (κ2) is 11.4. The highest BCUT2D eigenvalue weighted by Crippen LogP contribution is 2.38. The molecule has 0 saturated carbocycles. The number of methoxy groups -OCH3 is 3. The highest BCUT2D eigenvalue weighted by molar-refractivity contribution is 8.01. The first-order valence-electron chi connectivity index (χ1n) is 11.0. The van der Waals surface area contributed by atoms with Crippen LogP contribution in [0.4, 0.5) is 5.95 Å². The maximum atomic E-state index is 5.94. The van der Waals surface area contributed by atoms with Crippen LogP contribution in [0.15, 0.2) is 48.8 Å². The van der Waals surface area contributed by atoms with E-state index in [9.17, 15) is 0 Å². The smallest absolute Gasteiger partial charge is 0.239 e. The van der Waals surface area contributed by atoms with E-state index in [1.165, 1.54) is 11.9 Å². The summed E-state index contributed by atoms with van der Waals surface area (Å²) in [7, 11) is 4.77. The summed E-state index contributed by atoms with van der Waals surface area (Å²) in [6.45, 7) is 4.14. The Balaban J connectivity index is 1.73. The molecule has 0 spiro atoms. The van der Waals surface area contributed by atoms with Crippen LogP contribution in [0.1, 0.15) is 25.6 Å². The molecule has 0 saturated heterocycles. The van der Waals surface area contributed by atoms with Gasteiger partial charge in [0, 0.05) is 29.6 Å². The summed E-state index contributed by atoms with van der Waals surface area (Å²) in [6, 6.07) is 11.0. The molecule has 0 aliphatic carbocycles. The molecule has 3 heterocycles. The lowest BCUT2D eigenvalue weighted by Crippen LogP contribution is -2.15. The molecule has 2 atom stereocenters. The quantitative estimate of drug-likeness (QED) is 0.281. The molecule has 4 rings (SSSR count). The molecule has 188 valence electrons. The van der Waals surface area contributed by atoms with Gasteiger partial charge < -0.3 is 14.2 Å². The minimum atomic E-state index is 0.0384. The zero-order valence-corrected chi connectivity index (χ0v) is 22.0. The first-order valence-corrected chi connectivity index (χ1v) is 12.3. The first-order chi connectivity index (χ1) is 17.5. The van der Waals surface area contributed by atoms with Gasteiger partial charge in [0.2, 0.25) is 11.8 Å². The fourth-order valence-corrected chi connectivity index (χ4v) is 4.30. The van der Waals surface area contributed by atoms with E-state index in [0.717, 1.165) is 0 Å². The molecule has 0 aliphatic rings. The molecule has 10 nitrogen and oxygen atoms in total. The van der Waals surface area contributed by atoms with E-state index in [1.54, 1.807) is 39.8 Å². The summed E-state index contributed by atoms with van der Waals surface area (Å²) < 4.78 is 21.8. The minimum absolute atomic E-state index is 0.0384. The van der Waals surface area contributed by atoms with E-state index in [-0.39, 0.29) is 11.2 Å². The van der Waals surface area contributed by atoms with Crippen LogP contribution in [0.25, 0.3) is 17.2 Å². The van der Waals surface area contributed by atoms with Crippen LogP contribution in [0, 0.1) is 0 Å². The van der Waals surface area contributed by atoms with Gasteiger partial charge in [-0.3, -0.25) is 9.29 Å². The molecule has 0 bridgehead atoms. The second-order valence-corrected chi connectivity index (χ2v) is 9.35. The lowest BCUT2D eigenvalue weighted by atomic mass is 10.1. The number of pyridine rings is 1. The van der Waals surface area contributed by atoms with Gasteiger partial charge in [0.15, 0.2) is 5.82 Å². The largest absolute Gasteiger partial charge is 0.494 e. The summed E-state index contributed by atoms with van der Waals surface area (Å²) in [5, 5.41) is 9.46. The third-order valence-electron chi connectivity index (χ3n) is 5.54. The number of hydrogen-bond acceptors (Lipinski definition) is 10. The summed E-state index contributed by atoms with van der Waals surface area (Å²) in [5.74, 6) is 3.33. The van der Waals surface area contributed by atoms with Crippen molar-refractivity contribution >= 4 is 29.5 Å². The van der Waals surface area contributed by atoms with E-state index in [1.807, 2.05) is 34.9 Å². The molecule has 2 unspecified atom stereocenters. The normalized spacial score (nSPS) is 12.6. The predicted molar refractivity (Wildman–Crippen MR) is 140 cm³/mol. The molecule has 0 fully saturated rings. The average Bonchev–Trinajstić information content (AvgIpc) is 3.34. The average molecular weight is 528 g/mol. The Morgan fingerprint density at radius 1 is 0.917 bits per heavy atom. The van der Waals surface area contributed by atoms with Crippen LogP contribution in [0.5, 0.6) is 17.4 Å². The van der Waals surface area contributed by atoms with E-state index in [4.69, 9.17) is 25.8 Å². The summed E-state index contributed by atoms with van der Waals surface area (Å²) >= 11 is 7.42. The highest BCUT2D eigenvalue weighted by Gasteiger charge is 2.25. The zero-order valence-electron chi connectivity index (χ0n) is 20.5. The van der Waals surface area contributed by atoms with Crippen LogP contribution < -0.4 is 18.9 Å². The number of anilines is 1. The van der Waals surface area contributed by atoms with E-state index >= 15 is 0 Å². The van der Waals surface area contributed by atoms with E-state index in [0.29, 0.717) is 51.4 Å². The number of rotatable bonds is 10. The maximum absolute atomic E-state index is 5.94. The van der Waals surface area contributed by atoms with Crippen molar-refractivity contribution in [2.45, 2.75) is 25.0 Å². The van der Waals surface area contributed by atoms with Gasteiger partial charge in [0.1, 0.15) is 28.7 Å². The number of para-hydroxylation sites is 1. The summed E-state index contributed by atoms with van der Waals surface area (Å²) in [4.78, 5) is 13.3. The van der Waals surface area contributed by atoms with Gasteiger partial charge in [-0.15, -0.1) is 10.2 Å². The van der Waals surface area contributed by atoms with Crippen molar-refractivity contribution in [3.63, 3.8) is 0 Å². The molecule has 0 aliphatic heterocycles. The molecule has 0 radical (unpaired) electrons. The van der Waals surface area contributed by atoms with Gasteiger partial charge >= 0.3 is 0 Å². The van der Waals surface area contributed by atoms with Crippen molar-refractivity contribution in [1.29, 1.82) is 0 Å². The third-order valence-corrected chi connectivity index (χ3v) is 6.81. The van der Waals surface area contributed by atoms with Crippen molar-refractivity contribution in [2.24, 2.45) is 0 Å². The lowest BCUT2D eigenvalue weighted by molar-refractivity contribution is 0.391. The molecule has 36 heavy (non-hydrogen) atoms. The number of nitrogens with zero attached hydrogens (tertiary/aromatic N) is 6. The number of nitrogens with one attached hydrogen (secondary N) is 1. The summed E-state index contributed by atoms with van der Waals surface area (Å²) in [6.07, 6.45) is 3.20. The molecule has 0 amide bonds. The van der Waals surface area contributed by atoms with E-state index < -0.39 is 0 Å². The molecule has 1 aromatic carbocycles. The monoisotopic (exact) mass is 527 g/mol.